The Bertz CT molecular complexity index is 366. The van der Waals surface area contributed by atoms with Gasteiger partial charge in [-0.3, -0.25) is 0 Å². The van der Waals surface area contributed by atoms with Crippen molar-refractivity contribution in [2.75, 3.05) is 20.3 Å². The van der Waals surface area contributed by atoms with E-state index < -0.39 is 11.6 Å². The number of hydrogen-bond donors (Lipinski definition) is 0. The van der Waals surface area contributed by atoms with Crippen LogP contribution in [-0.2, 0) is 18.9 Å². The van der Waals surface area contributed by atoms with Crippen LogP contribution in [0.1, 0.15) is 51.4 Å². The Hall–Kier alpha value is -0.420. The lowest BCUT2D eigenvalue weighted by atomic mass is 9.90. The molecular formula is C17H28O4. The summed E-state index contributed by atoms with van der Waals surface area (Å²) < 4.78 is 24.1. The first-order valence-electron chi connectivity index (χ1n) is 8.34. The minimum atomic E-state index is -0.693. The molecule has 0 amide bonds. The second-order valence-corrected chi connectivity index (χ2v) is 6.68. The average molecular weight is 296 g/mol. The number of ether oxygens (including phenoxy) is 4. The molecule has 0 N–H and O–H groups in total. The number of fused-ring (bicyclic) bond motifs is 2. The van der Waals surface area contributed by atoms with Crippen LogP contribution in [0.15, 0.2) is 12.7 Å². The maximum atomic E-state index is 6.27. The summed E-state index contributed by atoms with van der Waals surface area (Å²) in [5, 5.41) is 0. The van der Waals surface area contributed by atoms with E-state index in [0.29, 0.717) is 18.9 Å². The van der Waals surface area contributed by atoms with Gasteiger partial charge in [0.05, 0.1) is 6.61 Å². The van der Waals surface area contributed by atoms with Crippen LogP contribution < -0.4 is 0 Å². The maximum Gasteiger partial charge on any atom is 0.201 e. The van der Waals surface area contributed by atoms with Crippen molar-refractivity contribution in [2.24, 2.45) is 5.92 Å². The SMILES string of the molecule is C=CCC12OC[C@@](OCC3CCCCC3)(CC[C@H]1OC)O2. The van der Waals surface area contributed by atoms with E-state index in [1.54, 1.807) is 7.11 Å². The van der Waals surface area contributed by atoms with Crippen LogP contribution in [0.5, 0.6) is 0 Å². The maximum absolute atomic E-state index is 6.27. The van der Waals surface area contributed by atoms with Crippen LogP contribution in [-0.4, -0.2) is 38.0 Å². The zero-order chi connectivity index (χ0) is 14.8. The van der Waals surface area contributed by atoms with Crippen molar-refractivity contribution in [2.45, 2.75) is 69.0 Å². The van der Waals surface area contributed by atoms with Crippen molar-refractivity contribution >= 4 is 0 Å². The van der Waals surface area contributed by atoms with Crippen LogP contribution in [0.4, 0.5) is 0 Å². The molecule has 1 aliphatic carbocycles. The predicted octanol–water partition coefficient (Wildman–Crippen LogP) is 3.41. The molecule has 3 fully saturated rings. The third-order valence-electron chi connectivity index (χ3n) is 5.19. The third-order valence-corrected chi connectivity index (χ3v) is 5.19. The van der Waals surface area contributed by atoms with E-state index in [0.717, 1.165) is 19.4 Å². The molecule has 1 unspecified atom stereocenters. The largest absolute Gasteiger partial charge is 0.376 e. The molecule has 0 aromatic rings. The summed E-state index contributed by atoms with van der Waals surface area (Å²) in [6.45, 7) is 5.12. The number of methoxy groups -OCH3 is 1. The van der Waals surface area contributed by atoms with Gasteiger partial charge in [0.1, 0.15) is 12.7 Å². The summed E-state index contributed by atoms with van der Waals surface area (Å²) in [5.41, 5.74) is 0. The van der Waals surface area contributed by atoms with Crippen LogP contribution in [0, 0.1) is 5.92 Å². The Morgan fingerprint density at radius 3 is 2.76 bits per heavy atom. The quantitative estimate of drug-likeness (QED) is 0.704. The van der Waals surface area contributed by atoms with E-state index in [1.807, 2.05) is 6.08 Å². The van der Waals surface area contributed by atoms with Crippen LogP contribution >= 0.6 is 0 Å². The van der Waals surface area contributed by atoms with Crippen molar-refractivity contribution in [1.29, 1.82) is 0 Å². The minimum absolute atomic E-state index is 0.0376. The summed E-state index contributed by atoms with van der Waals surface area (Å²) in [6, 6.07) is 0. The molecule has 0 aromatic carbocycles. The second kappa shape index (κ2) is 6.37. The number of hydrogen-bond acceptors (Lipinski definition) is 4. The summed E-state index contributed by atoms with van der Waals surface area (Å²) in [4.78, 5) is 0. The smallest absolute Gasteiger partial charge is 0.201 e. The summed E-state index contributed by atoms with van der Waals surface area (Å²) >= 11 is 0. The highest BCUT2D eigenvalue weighted by molar-refractivity contribution is 4.99. The highest BCUT2D eigenvalue weighted by Crippen LogP contribution is 2.47. The molecule has 120 valence electrons. The van der Waals surface area contributed by atoms with E-state index in [1.165, 1.54) is 32.1 Å². The average Bonchev–Trinajstić information content (AvgIpc) is 2.81. The lowest BCUT2D eigenvalue weighted by molar-refractivity contribution is -0.324. The molecule has 3 aliphatic rings. The molecule has 1 saturated carbocycles. The fourth-order valence-electron chi connectivity index (χ4n) is 3.96. The molecule has 4 nitrogen and oxygen atoms in total. The lowest BCUT2D eigenvalue weighted by Gasteiger charge is -2.42. The van der Waals surface area contributed by atoms with Crippen molar-refractivity contribution in [1.82, 2.24) is 0 Å². The number of rotatable bonds is 6. The molecule has 2 saturated heterocycles. The summed E-state index contributed by atoms with van der Waals surface area (Å²) in [6.07, 6.45) is 10.8. The van der Waals surface area contributed by atoms with Gasteiger partial charge in [0, 0.05) is 20.0 Å². The monoisotopic (exact) mass is 296 g/mol. The first-order valence-corrected chi connectivity index (χ1v) is 8.34. The Labute approximate surface area is 127 Å². The second-order valence-electron chi connectivity index (χ2n) is 6.68. The van der Waals surface area contributed by atoms with Gasteiger partial charge in [-0.2, -0.15) is 0 Å². The lowest BCUT2D eigenvalue weighted by Crippen LogP contribution is -2.52. The van der Waals surface area contributed by atoms with Gasteiger partial charge in [-0.1, -0.05) is 25.3 Å². The fourth-order valence-corrected chi connectivity index (χ4v) is 3.96. The summed E-state index contributed by atoms with van der Waals surface area (Å²) in [5.74, 6) is -0.567. The van der Waals surface area contributed by atoms with Gasteiger partial charge in [-0.25, -0.2) is 0 Å². The third kappa shape index (κ3) is 3.04. The zero-order valence-electron chi connectivity index (χ0n) is 13.1. The van der Waals surface area contributed by atoms with Gasteiger partial charge < -0.3 is 18.9 Å². The van der Waals surface area contributed by atoms with E-state index >= 15 is 0 Å². The Morgan fingerprint density at radius 2 is 2.05 bits per heavy atom. The molecule has 21 heavy (non-hydrogen) atoms. The van der Waals surface area contributed by atoms with Gasteiger partial charge in [0.2, 0.25) is 5.79 Å². The van der Waals surface area contributed by atoms with Crippen LogP contribution in [0.2, 0.25) is 0 Å². The zero-order valence-corrected chi connectivity index (χ0v) is 13.1. The van der Waals surface area contributed by atoms with E-state index in [2.05, 4.69) is 6.58 Å². The highest BCUT2D eigenvalue weighted by atomic mass is 16.8. The van der Waals surface area contributed by atoms with E-state index in [-0.39, 0.29) is 6.10 Å². The summed E-state index contributed by atoms with van der Waals surface area (Å²) in [7, 11) is 1.72. The fraction of sp³-hybridized carbons (Fsp3) is 0.882. The normalized spacial score (nSPS) is 40.3. The molecule has 3 rings (SSSR count). The van der Waals surface area contributed by atoms with Crippen molar-refractivity contribution in [3.8, 4) is 0 Å². The molecule has 2 bridgehead atoms. The van der Waals surface area contributed by atoms with E-state index in [4.69, 9.17) is 18.9 Å². The molecular weight excluding hydrogens is 268 g/mol. The first-order chi connectivity index (χ1) is 10.2. The van der Waals surface area contributed by atoms with Gasteiger partial charge in [-0.15, -0.1) is 6.58 Å². The van der Waals surface area contributed by atoms with Crippen molar-refractivity contribution < 1.29 is 18.9 Å². The van der Waals surface area contributed by atoms with Crippen molar-refractivity contribution in [3.05, 3.63) is 12.7 Å². The first kappa shape index (κ1) is 15.5. The van der Waals surface area contributed by atoms with Crippen LogP contribution in [0.3, 0.4) is 0 Å². The Kier molecular flexibility index (Phi) is 4.69. The van der Waals surface area contributed by atoms with Gasteiger partial charge >= 0.3 is 0 Å². The van der Waals surface area contributed by atoms with Gasteiger partial charge in [0.15, 0.2) is 5.79 Å². The highest BCUT2D eigenvalue weighted by Gasteiger charge is 2.59. The molecule has 0 spiro atoms. The van der Waals surface area contributed by atoms with Gasteiger partial charge in [-0.05, 0) is 25.2 Å². The Morgan fingerprint density at radius 1 is 1.24 bits per heavy atom. The van der Waals surface area contributed by atoms with E-state index in [9.17, 15) is 0 Å². The topological polar surface area (TPSA) is 36.9 Å². The van der Waals surface area contributed by atoms with Gasteiger partial charge in [0.25, 0.3) is 0 Å². The molecule has 3 atom stereocenters. The van der Waals surface area contributed by atoms with Crippen molar-refractivity contribution in [3.63, 3.8) is 0 Å². The molecule has 2 aliphatic heterocycles. The standard InChI is InChI=1S/C17H28O4/c1-3-10-17-15(18-2)9-11-16(21-17,13-20-17)19-12-14-7-5-4-6-8-14/h3,14-15H,1,4-13H2,2H3/t15-,16-,17?/m1/s1. The molecule has 4 heteroatoms. The molecule has 0 radical (unpaired) electrons. The van der Waals surface area contributed by atoms with Crippen LogP contribution in [0.25, 0.3) is 0 Å². The Balaban J connectivity index is 1.62. The molecule has 2 heterocycles. The minimum Gasteiger partial charge on any atom is -0.376 e. The molecule has 0 aromatic heterocycles. The predicted molar refractivity (Wildman–Crippen MR) is 79.9 cm³/mol.